The summed E-state index contributed by atoms with van der Waals surface area (Å²) in [5.74, 6) is -15.3. The van der Waals surface area contributed by atoms with Crippen molar-refractivity contribution in [2.45, 2.75) is 10.9 Å². The van der Waals surface area contributed by atoms with Gasteiger partial charge in [-0.1, -0.05) is 65.7 Å². The number of hydrogen-bond acceptors (Lipinski definition) is 5. The Morgan fingerprint density at radius 3 is 1.75 bits per heavy atom. The van der Waals surface area contributed by atoms with Gasteiger partial charge in [-0.15, -0.1) is 0 Å². The molecule has 1 aliphatic heterocycles. The molecule has 1 fully saturated rings. The molecule has 5 nitrogen and oxygen atoms in total. The average molecular weight is 668 g/mol. The number of carbonyl (C=O) groups is 1. The molecule has 1 saturated heterocycles. The summed E-state index contributed by atoms with van der Waals surface area (Å²) in [5, 5.41) is 1.14. The van der Waals surface area contributed by atoms with Crippen LogP contribution in [0.1, 0.15) is 33.1 Å². The van der Waals surface area contributed by atoms with Crippen LogP contribution in [-0.2, 0) is 9.84 Å². The fourth-order valence-corrected chi connectivity index (χ4v) is 6.30. The second-order valence-electron chi connectivity index (χ2n) is 10.00. The lowest BCUT2D eigenvalue weighted by Crippen LogP contribution is -2.43. The Morgan fingerprint density at radius 1 is 0.795 bits per heavy atom. The highest BCUT2D eigenvalue weighted by Gasteiger charge is 2.33. The van der Waals surface area contributed by atoms with Crippen LogP contribution in [0.2, 0.25) is 10.0 Å². The van der Waals surface area contributed by atoms with Crippen molar-refractivity contribution in [3.8, 4) is 5.75 Å². The van der Waals surface area contributed by atoms with Gasteiger partial charge in [0.15, 0.2) is 9.84 Å². The Kier molecular flexibility index (Phi) is 8.86. The van der Waals surface area contributed by atoms with E-state index >= 15 is 0 Å². The summed E-state index contributed by atoms with van der Waals surface area (Å²) >= 11 is 12.2. The second kappa shape index (κ2) is 12.3. The van der Waals surface area contributed by atoms with Gasteiger partial charge in [0, 0.05) is 29.4 Å². The maximum atomic E-state index is 14.2. The number of benzene rings is 4. The standard InChI is InChI=1S/C31H20Cl2F5NO4S/c1-44(41,42)30-19(3-2-4-22(30)31(40)43-29-26(37)24(35)23(34)25(36)27(29)38)13-16-14-39(15-16)28(17-5-9-20(32)10-6-17)18-7-11-21(33)12-8-18/h2-13,28H,14-15H2,1H3. The van der Waals surface area contributed by atoms with Crippen LogP contribution in [0.5, 0.6) is 5.75 Å². The molecule has 0 N–H and O–H groups in total. The molecule has 0 atom stereocenters. The third-order valence-electron chi connectivity index (χ3n) is 6.91. The van der Waals surface area contributed by atoms with Crippen molar-refractivity contribution >= 4 is 45.1 Å². The summed E-state index contributed by atoms with van der Waals surface area (Å²) in [6.45, 7) is 0.802. The third kappa shape index (κ3) is 6.23. The fraction of sp³-hybridized carbons (Fsp3) is 0.129. The van der Waals surface area contributed by atoms with Crippen molar-refractivity contribution in [1.82, 2.24) is 4.90 Å². The monoisotopic (exact) mass is 667 g/mol. The summed E-state index contributed by atoms with van der Waals surface area (Å²) in [5.41, 5.74) is 2.11. The zero-order valence-corrected chi connectivity index (χ0v) is 24.9. The van der Waals surface area contributed by atoms with Gasteiger partial charge in [-0.3, -0.25) is 4.90 Å². The van der Waals surface area contributed by atoms with Gasteiger partial charge in [0.2, 0.25) is 34.8 Å². The van der Waals surface area contributed by atoms with E-state index in [4.69, 9.17) is 23.2 Å². The maximum Gasteiger partial charge on any atom is 0.345 e. The summed E-state index contributed by atoms with van der Waals surface area (Å²) in [7, 11) is -4.18. The molecule has 44 heavy (non-hydrogen) atoms. The zero-order chi connectivity index (χ0) is 31.9. The van der Waals surface area contributed by atoms with Crippen molar-refractivity contribution in [2.75, 3.05) is 19.3 Å². The molecular weight excluding hydrogens is 648 g/mol. The van der Waals surface area contributed by atoms with Gasteiger partial charge >= 0.3 is 5.97 Å². The van der Waals surface area contributed by atoms with E-state index in [2.05, 4.69) is 9.64 Å². The zero-order valence-electron chi connectivity index (χ0n) is 22.6. The van der Waals surface area contributed by atoms with Gasteiger partial charge in [0.1, 0.15) is 0 Å². The van der Waals surface area contributed by atoms with Crippen LogP contribution in [0.3, 0.4) is 0 Å². The molecule has 0 aliphatic carbocycles. The molecule has 228 valence electrons. The first-order chi connectivity index (χ1) is 20.8. The fourth-order valence-electron chi connectivity index (χ4n) is 4.94. The number of halogens is 7. The number of esters is 1. The lowest BCUT2D eigenvalue weighted by molar-refractivity contribution is 0.0712. The summed E-state index contributed by atoms with van der Waals surface area (Å²) in [6, 6.07) is 18.2. The molecule has 0 unspecified atom stereocenters. The number of ether oxygens (including phenoxy) is 1. The molecule has 4 aromatic carbocycles. The molecule has 0 aromatic heterocycles. The largest absolute Gasteiger partial charge is 0.416 e. The molecule has 0 spiro atoms. The van der Waals surface area contributed by atoms with Gasteiger partial charge in [-0.2, -0.15) is 8.78 Å². The van der Waals surface area contributed by atoms with Crippen LogP contribution in [0.15, 0.2) is 77.2 Å². The Bertz CT molecular complexity index is 1830. The van der Waals surface area contributed by atoms with E-state index in [0.717, 1.165) is 29.0 Å². The molecule has 13 heteroatoms. The average Bonchev–Trinajstić information content (AvgIpc) is 2.97. The summed E-state index contributed by atoms with van der Waals surface area (Å²) in [4.78, 5) is 14.5. The smallest absolute Gasteiger partial charge is 0.345 e. The SMILES string of the molecule is CS(=O)(=O)c1c(C=C2CN(C(c3ccc(Cl)cc3)c3ccc(Cl)cc3)C2)cccc1C(=O)Oc1c(F)c(F)c(F)c(F)c1F. The molecule has 0 saturated carbocycles. The van der Waals surface area contributed by atoms with Crippen molar-refractivity contribution in [1.29, 1.82) is 0 Å². The van der Waals surface area contributed by atoms with Crippen LogP contribution in [-0.4, -0.2) is 38.6 Å². The minimum Gasteiger partial charge on any atom is -0.416 e. The highest BCUT2D eigenvalue weighted by molar-refractivity contribution is 7.90. The van der Waals surface area contributed by atoms with Gasteiger partial charge < -0.3 is 4.74 Å². The number of nitrogens with zero attached hydrogens (tertiary/aromatic N) is 1. The Labute approximate surface area is 259 Å². The predicted octanol–water partition coefficient (Wildman–Crippen LogP) is 7.80. The topological polar surface area (TPSA) is 63.7 Å². The van der Waals surface area contributed by atoms with Crippen molar-refractivity contribution < 1.29 is 39.9 Å². The van der Waals surface area contributed by atoms with Crippen molar-refractivity contribution in [3.63, 3.8) is 0 Å². The first kappa shape index (κ1) is 31.6. The minimum atomic E-state index is -4.18. The predicted molar refractivity (Wildman–Crippen MR) is 155 cm³/mol. The number of hydrogen-bond donors (Lipinski definition) is 0. The first-order valence-corrected chi connectivity index (χ1v) is 15.4. The van der Waals surface area contributed by atoms with Gasteiger partial charge in [-0.05, 0) is 52.6 Å². The number of likely N-dealkylation sites (tertiary alicyclic amines) is 1. The first-order valence-electron chi connectivity index (χ1n) is 12.8. The quantitative estimate of drug-likeness (QED) is 0.0662. The van der Waals surface area contributed by atoms with E-state index in [-0.39, 0.29) is 11.6 Å². The Morgan fingerprint density at radius 2 is 1.27 bits per heavy atom. The van der Waals surface area contributed by atoms with Crippen molar-refractivity contribution in [3.05, 3.63) is 134 Å². The van der Waals surface area contributed by atoms with E-state index in [0.29, 0.717) is 23.1 Å². The second-order valence-corrected chi connectivity index (χ2v) is 12.8. The molecule has 0 bridgehead atoms. The van der Waals surface area contributed by atoms with E-state index < -0.39 is 61.1 Å². The molecule has 4 aromatic rings. The van der Waals surface area contributed by atoms with Crippen LogP contribution in [0, 0.1) is 29.1 Å². The number of carbonyl (C=O) groups excluding carboxylic acids is 1. The Balaban J connectivity index is 1.47. The lowest BCUT2D eigenvalue weighted by Gasteiger charge is -2.41. The molecule has 0 radical (unpaired) electrons. The highest BCUT2D eigenvalue weighted by Crippen LogP contribution is 2.37. The van der Waals surface area contributed by atoms with Crippen LogP contribution in [0.4, 0.5) is 22.0 Å². The minimum absolute atomic E-state index is 0.0727. The van der Waals surface area contributed by atoms with Crippen LogP contribution < -0.4 is 4.74 Å². The third-order valence-corrected chi connectivity index (χ3v) is 8.61. The van der Waals surface area contributed by atoms with E-state index in [1.807, 2.05) is 24.3 Å². The van der Waals surface area contributed by atoms with E-state index in [9.17, 15) is 35.2 Å². The highest BCUT2D eigenvalue weighted by atomic mass is 35.5. The molecular formula is C31H20Cl2F5NO4S. The van der Waals surface area contributed by atoms with Crippen LogP contribution in [0.25, 0.3) is 6.08 Å². The summed E-state index contributed by atoms with van der Waals surface area (Å²) in [6.07, 6.45) is 2.37. The Hall–Kier alpha value is -3.77. The number of rotatable bonds is 7. The molecule has 1 aliphatic rings. The molecule has 5 rings (SSSR count). The summed E-state index contributed by atoms with van der Waals surface area (Å²) < 4.78 is 99.2. The lowest BCUT2D eigenvalue weighted by atomic mass is 9.92. The van der Waals surface area contributed by atoms with Gasteiger partial charge in [0.25, 0.3) is 0 Å². The van der Waals surface area contributed by atoms with E-state index in [1.54, 1.807) is 30.3 Å². The van der Waals surface area contributed by atoms with Gasteiger partial charge in [-0.25, -0.2) is 26.4 Å². The normalized spacial score (nSPS) is 13.6. The molecule has 1 heterocycles. The number of sulfone groups is 1. The maximum absolute atomic E-state index is 14.2. The van der Waals surface area contributed by atoms with Crippen molar-refractivity contribution in [2.24, 2.45) is 0 Å². The van der Waals surface area contributed by atoms with E-state index in [1.165, 1.54) is 12.1 Å². The van der Waals surface area contributed by atoms with Gasteiger partial charge in [0.05, 0.1) is 16.5 Å². The van der Waals surface area contributed by atoms with Crippen LogP contribution >= 0.6 is 23.2 Å². The molecule has 0 amide bonds.